The van der Waals surface area contributed by atoms with Gasteiger partial charge in [0.15, 0.2) is 0 Å². The van der Waals surface area contributed by atoms with E-state index in [1.54, 1.807) is 0 Å². The molecule has 0 aliphatic carbocycles. The maximum absolute atomic E-state index is 10.6. The molecule has 9 heavy (non-hydrogen) atoms. The lowest BCUT2D eigenvalue weighted by atomic mass is 10.1. The molecule has 0 bridgehead atoms. The summed E-state index contributed by atoms with van der Waals surface area (Å²) in [7, 11) is 0. The third kappa shape index (κ3) is 1.20. The monoisotopic (exact) mass is 131 g/mol. The minimum atomic E-state index is -1.06. The lowest BCUT2D eigenvalue weighted by Gasteiger charge is -2.06. The first-order valence-electron chi connectivity index (χ1n) is 2.82. The summed E-state index contributed by atoms with van der Waals surface area (Å²) < 4.78 is 4.55. The molecule has 2 atom stereocenters. The summed E-state index contributed by atoms with van der Waals surface area (Å²) >= 11 is 0. The van der Waals surface area contributed by atoms with Crippen molar-refractivity contribution < 1.29 is 14.6 Å². The largest absolute Gasteiger partial charge is 0.465 e. The first-order chi connectivity index (χ1) is 4.22. The van der Waals surface area contributed by atoms with Crippen LogP contribution in [0.2, 0.25) is 0 Å². The maximum Gasteiger partial charge on any atom is 0.313 e. The number of hydrogen-bond donors (Lipinski definition) is 2. The van der Waals surface area contributed by atoms with E-state index in [1.165, 1.54) is 0 Å². The molecule has 1 aliphatic rings. The normalized spacial score (nSPS) is 30.0. The van der Waals surface area contributed by atoms with Gasteiger partial charge >= 0.3 is 5.97 Å². The van der Waals surface area contributed by atoms with Crippen LogP contribution in [0.25, 0.3) is 0 Å². The summed E-state index contributed by atoms with van der Waals surface area (Å²) in [6.45, 7) is 0.387. The fourth-order valence-corrected chi connectivity index (χ4v) is 0.822. The van der Waals surface area contributed by atoms with Crippen molar-refractivity contribution in [3.05, 3.63) is 0 Å². The lowest BCUT2D eigenvalue weighted by molar-refractivity contribution is -0.143. The molecule has 0 aromatic heterocycles. The van der Waals surface area contributed by atoms with E-state index in [4.69, 9.17) is 10.8 Å². The lowest BCUT2D eigenvalue weighted by Crippen LogP contribution is -2.32. The predicted octanol–water partition coefficient (Wildman–Crippen LogP) is -1.17. The van der Waals surface area contributed by atoms with Crippen molar-refractivity contribution in [2.75, 3.05) is 6.61 Å². The highest BCUT2D eigenvalue weighted by Crippen LogP contribution is 2.15. The average molecular weight is 131 g/mol. The fourth-order valence-electron chi connectivity index (χ4n) is 0.822. The fraction of sp³-hybridized carbons (Fsp3) is 0.800. The standard InChI is InChI=1S/C5H9NO3/c6-4(7)3-1-2-9-5(3)8/h3-4,7H,1-2,6H2. The second-order valence-electron chi connectivity index (χ2n) is 2.05. The molecule has 1 fully saturated rings. The summed E-state index contributed by atoms with van der Waals surface area (Å²) in [5, 5.41) is 8.70. The highest BCUT2D eigenvalue weighted by molar-refractivity contribution is 5.74. The second-order valence-corrected chi connectivity index (χ2v) is 2.05. The molecule has 2 unspecified atom stereocenters. The Morgan fingerprint density at radius 3 is 2.78 bits per heavy atom. The number of ether oxygens (including phenoxy) is 1. The van der Waals surface area contributed by atoms with E-state index in [-0.39, 0.29) is 5.97 Å². The highest BCUT2D eigenvalue weighted by atomic mass is 16.5. The van der Waals surface area contributed by atoms with E-state index in [2.05, 4.69) is 4.74 Å². The molecule has 0 saturated carbocycles. The summed E-state index contributed by atoms with van der Waals surface area (Å²) in [5.74, 6) is -0.880. The summed E-state index contributed by atoms with van der Waals surface area (Å²) in [6, 6.07) is 0. The van der Waals surface area contributed by atoms with Crippen molar-refractivity contribution in [3.8, 4) is 0 Å². The number of cyclic esters (lactones) is 1. The van der Waals surface area contributed by atoms with Gasteiger partial charge in [0.1, 0.15) is 6.23 Å². The zero-order valence-electron chi connectivity index (χ0n) is 4.91. The van der Waals surface area contributed by atoms with Crippen LogP contribution in [0.15, 0.2) is 0 Å². The molecule has 1 heterocycles. The Morgan fingerprint density at radius 1 is 1.89 bits per heavy atom. The Hall–Kier alpha value is -0.610. The van der Waals surface area contributed by atoms with Crippen LogP contribution < -0.4 is 5.73 Å². The molecule has 0 amide bonds. The summed E-state index contributed by atoms with van der Waals surface area (Å²) in [4.78, 5) is 10.6. The Bertz CT molecular complexity index is 123. The van der Waals surface area contributed by atoms with Crippen LogP contribution in [0.5, 0.6) is 0 Å². The van der Waals surface area contributed by atoms with Crippen molar-refractivity contribution in [3.63, 3.8) is 0 Å². The number of carbonyl (C=O) groups excluding carboxylic acids is 1. The molecule has 3 N–H and O–H groups in total. The molecule has 1 rings (SSSR count). The van der Waals surface area contributed by atoms with Crippen LogP contribution in [0, 0.1) is 5.92 Å². The molecule has 0 spiro atoms. The van der Waals surface area contributed by atoms with Gasteiger partial charge in [0.05, 0.1) is 12.5 Å². The van der Waals surface area contributed by atoms with E-state index in [0.29, 0.717) is 13.0 Å². The Kier molecular flexibility index (Phi) is 1.68. The maximum atomic E-state index is 10.6. The van der Waals surface area contributed by atoms with Gasteiger partial charge in [-0.15, -0.1) is 0 Å². The zero-order chi connectivity index (χ0) is 6.85. The molecule has 0 radical (unpaired) electrons. The van der Waals surface area contributed by atoms with Crippen LogP contribution in [0.3, 0.4) is 0 Å². The van der Waals surface area contributed by atoms with Crippen molar-refractivity contribution in [1.29, 1.82) is 0 Å². The molecular weight excluding hydrogens is 122 g/mol. The molecule has 0 aromatic carbocycles. The quantitative estimate of drug-likeness (QED) is 0.347. The van der Waals surface area contributed by atoms with Gasteiger partial charge in [-0.05, 0) is 6.42 Å². The topological polar surface area (TPSA) is 72.6 Å². The highest BCUT2D eigenvalue weighted by Gasteiger charge is 2.30. The molecule has 1 aliphatic heterocycles. The molecule has 52 valence electrons. The number of aliphatic hydroxyl groups is 1. The van der Waals surface area contributed by atoms with Crippen molar-refractivity contribution in [1.82, 2.24) is 0 Å². The SMILES string of the molecule is NC(O)C1CCOC1=O. The van der Waals surface area contributed by atoms with E-state index < -0.39 is 12.1 Å². The van der Waals surface area contributed by atoms with Crippen LogP contribution in [-0.4, -0.2) is 23.9 Å². The Balaban J connectivity index is 2.49. The van der Waals surface area contributed by atoms with Gasteiger partial charge in [-0.1, -0.05) is 0 Å². The van der Waals surface area contributed by atoms with Crippen LogP contribution >= 0.6 is 0 Å². The van der Waals surface area contributed by atoms with E-state index in [1.807, 2.05) is 0 Å². The zero-order valence-corrected chi connectivity index (χ0v) is 4.91. The van der Waals surface area contributed by atoms with Gasteiger partial charge in [0.25, 0.3) is 0 Å². The van der Waals surface area contributed by atoms with Gasteiger partial charge in [-0.25, -0.2) is 0 Å². The van der Waals surface area contributed by atoms with Gasteiger partial charge in [-0.3, -0.25) is 4.79 Å². The van der Waals surface area contributed by atoms with Gasteiger partial charge in [-0.2, -0.15) is 0 Å². The third-order valence-corrected chi connectivity index (χ3v) is 1.39. The minimum Gasteiger partial charge on any atom is -0.465 e. The van der Waals surface area contributed by atoms with Crippen molar-refractivity contribution in [2.24, 2.45) is 11.7 Å². The van der Waals surface area contributed by atoms with E-state index in [0.717, 1.165) is 0 Å². The average Bonchev–Trinajstić information content (AvgIpc) is 2.13. The van der Waals surface area contributed by atoms with Crippen LogP contribution in [0.1, 0.15) is 6.42 Å². The number of aliphatic hydroxyl groups excluding tert-OH is 1. The summed E-state index contributed by atoms with van der Waals surface area (Å²) in [5.41, 5.74) is 5.04. The first-order valence-corrected chi connectivity index (χ1v) is 2.82. The van der Waals surface area contributed by atoms with Gasteiger partial charge in [0, 0.05) is 0 Å². The van der Waals surface area contributed by atoms with Crippen molar-refractivity contribution >= 4 is 5.97 Å². The van der Waals surface area contributed by atoms with E-state index in [9.17, 15) is 4.79 Å². The number of hydrogen-bond acceptors (Lipinski definition) is 4. The molecule has 4 heteroatoms. The molecule has 1 saturated heterocycles. The Morgan fingerprint density at radius 2 is 2.56 bits per heavy atom. The molecular formula is C5H9NO3. The van der Waals surface area contributed by atoms with Crippen LogP contribution in [0.4, 0.5) is 0 Å². The number of esters is 1. The smallest absolute Gasteiger partial charge is 0.313 e. The number of rotatable bonds is 1. The van der Waals surface area contributed by atoms with Gasteiger partial charge < -0.3 is 15.6 Å². The molecule has 0 aromatic rings. The number of nitrogens with two attached hydrogens (primary N) is 1. The Labute approximate surface area is 52.6 Å². The van der Waals surface area contributed by atoms with E-state index >= 15 is 0 Å². The predicted molar refractivity (Wildman–Crippen MR) is 29.3 cm³/mol. The van der Waals surface area contributed by atoms with Crippen molar-refractivity contribution in [2.45, 2.75) is 12.6 Å². The number of carbonyl (C=O) groups is 1. The minimum absolute atomic E-state index is 0.384. The first kappa shape index (κ1) is 6.51. The van der Waals surface area contributed by atoms with Gasteiger partial charge in [0.2, 0.25) is 0 Å². The second kappa shape index (κ2) is 2.33. The molecule has 4 nitrogen and oxygen atoms in total. The van der Waals surface area contributed by atoms with Crippen LogP contribution in [-0.2, 0) is 9.53 Å². The summed E-state index contributed by atoms with van der Waals surface area (Å²) in [6.07, 6.45) is -0.517. The third-order valence-electron chi connectivity index (χ3n) is 1.39.